The van der Waals surface area contributed by atoms with Crippen molar-refractivity contribution in [3.63, 3.8) is 0 Å². The first kappa shape index (κ1) is 20.9. The van der Waals surface area contributed by atoms with Crippen molar-refractivity contribution in [3.8, 4) is 0 Å². The monoisotopic (exact) mass is 382 g/mol. The zero-order chi connectivity index (χ0) is 19.2. The number of hydrogen-bond acceptors (Lipinski definition) is 3. The van der Waals surface area contributed by atoms with Gasteiger partial charge in [0.2, 0.25) is 10.0 Å². The number of piperazine rings is 1. The van der Waals surface area contributed by atoms with Gasteiger partial charge in [0, 0.05) is 6.04 Å². The molecule has 7 heteroatoms. The van der Waals surface area contributed by atoms with Gasteiger partial charge >= 0.3 is 0 Å². The number of sulfonamides is 1. The molecule has 1 heterocycles. The van der Waals surface area contributed by atoms with Crippen molar-refractivity contribution >= 4 is 15.9 Å². The van der Waals surface area contributed by atoms with Gasteiger partial charge in [0.05, 0.1) is 31.1 Å². The van der Waals surface area contributed by atoms with E-state index in [0.717, 1.165) is 17.7 Å². The molecule has 1 aliphatic heterocycles. The SMILES string of the molecule is CC(C)CC[C@H](C)NC(=O)C[NH+]1CCN(S(=O)(=O)c2ccccc2)CC1. The average Bonchev–Trinajstić information content (AvgIpc) is 2.61. The van der Waals surface area contributed by atoms with Crippen molar-refractivity contribution < 1.29 is 18.1 Å². The van der Waals surface area contributed by atoms with Crippen LogP contribution in [-0.4, -0.2) is 57.4 Å². The molecule has 6 nitrogen and oxygen atoms in total. The smallest absolute Gasteiger partial charge is 0.275 e. The van der Waals surface area contributed by atoms with Crippen LogP contribution in [0.3, 0.4) is 0 Å². The second kappa shape index (κ2) is 9.48. The lowest BCUT2D eigenvalue weighted by Crippen LogP contribution is -3.15. The van der Waals surface area contributed by atoms with E-state index in [1.54, 1.807) is 24.3 Å². The predicted octanol–water partition coefficient (Wildman–Crippen LogP) is 0.517. The van der Waals surface area contributed by atoms with E-state index in [-0.39, 0.29) is 11.9 Å². The molecule has 1 aromatic carbocycles. The van der Waals surface area contributed by atoms with Gasteiger partial charge in [-0.2, -0.15) is 4.31 Å². The molecule has 0 aliphatic carbocycles. The van der Waals surface area contributed by atoms with E-state index in [0.29, 0.717) is 43.5 Å². The zero-order valence-corrected chi connectivity index (χ0v) is 16.9. The van der Waals surface area contributed by atoms with Gasteiger partial charge in [-0.05, 0) is 37.8 Å². The van der Waals surface area contributed by atoms with E-state index in [1.165, 1.54) is 4.31 Å². The number of carbonyl (C=O) groups is 1. The van der Waals surface area contributed by atoms with Crippen LogP contribution in [0.15, 0.2) is 35.2 Å². The Kier molecular flexibility index (Phi) is 7.61. The van der Waals surface area contributed by atoms with Crippen LogP contribution < -0.4 is 10.2 Å². The van der Waals surface area contributed by atoms with Crippen molar-refractivity contribution in [2.75, 3.05) is 32.7 Å². The third-order valence-electron chi connectivity index (χ3n) is 4.81. The number of amides is 1. The fraction of sp³-hybridized carbons (Fsp3) is 0.632. The molecule has 0 radical (unpaired) electrons. The lowest BCUT2D eigenvalue weighted by atomic mass is 10.0. The Hall–Kier alpha value is -1.44. The molecule has 2 N–H and O–H groups in total. The highest BCUT2D eigenvalue weighted by Gasteiger charge is 2.31. The van der Waals surface area contributed by atoms with Crippen molar-refractivity contribution in [1.82, 2.24) is 9.62 Å². The lowest BCUT2D eigenvalue weighted by Gasteiger charge is -2.31. The molecule has 1 aromatic rings. The minimum absolute atomic E-state index is 0.0515. The predicted molar refractivity (Wildman–Crippen MR) is 102 cm³/mol. The van der Waals surface area contributed by atoms with E-state index in [9.17, 15) is 13.2 Å². The molecular formula is C19H32N3O3S+. The van der Waals surface area contributed by atoms with Crippen LogP contribution in [0.25, 0.3) is 0 Å². The van der Waals surface area contributed by atoms with Gasteiger partial charge in [-0.3, -0.25) is 4.79 Å². The molecule has 0 aromatic heterocycles. The molecule has 146 valence electrons. The van der Waals surface area contributed by atoms with E-state index in [1.807, 2.05) is 13.0 Å². The third-order valence-corrected chi connectivity index (χ3v) is 6.72. The van der Waals surface area contributed by atoms with Gasteiger partial charge in [-0.25, -0.2) is 8.42 Å². The van der Waals surface area contributed by atoms with Crippen molar-refractivity contribution in [2.24, 2.45) is 5.92 Å². The molecule has 1 amide bonds. The Balaban J connectivity index is 1.79. The maximum absolute atomic E-state index is 12.6. The van der Waals surface area contributed by atoms with Crippen molar-refractivity contribution in [1.29, 1.82) is 0 Å². The highest BCUT2D eigenvalue weighted by atomic mass is 32.2. The van der Waals surface area contributed by atoms with Crippen LogP contribution in [0.4, 0.5) is 0 Å². The first-order valence-electron chi connectivity index (χ1n) is 9.47. The summed E-state index contributed by atoms with van der Waals surface area (Å²) in [5, 5.41) is 3.06. The van der Waals surface area contributed by atoms with Gasteiger partial charge < -0.3 is 10.2 Å². The summed E-state index contributed by atoms with van der Waals surface area (Å²) >= 11 is 0. The van der Waals surface area contributed by atoms with Gasteiger partial charge in [0.25, 0.3) is 5.91 Å². The first-order chi connectivity index (χ1) is 12.3. The maximum Gasteiger partial charge on any atom is 0.275 e. The second-order valence-electron chi connectivity index (χ2n) is 7.58. The largest absolute Gasteiger partial charge is 0.349 e. The summed E-state index contributed by atoms with van der Waals surface area (Å²) < 4.78 is 26.8. The minimum Gasteiger partial charge on any atom is -0.349 e. The topological polar surface area (TPSA) is 70.9 Å². The van der Waals surface area contributed by atoms with E-state index < -0.39 is 10.0 Å². The maximum atomic E-state index is 12.6. The molecule has 1 aliphatic rings. The number of nitrogens with one attached hydrogen (secondary N) is 2. The average molecular weight is 383 g/mol. The molecule has 26 heavy (non-hydrogen) atoms. The zero-order valence-electron chi connectivity index (χ0n) is 16.1. The Bertz CT molecular complexity index is 669. The van der Waals surface area contributed by atoms with E-state index >= 15 is 0 Å². The van der Waals surface area contributed by atoms with Crippen LogP contribution in [-0.2, 0) is 14.8 Å². The summed E-state index contributed by atoms with van der Waals surface area (Å²) in [6.45, 7) is 9.01. The number of quaternary nitrogens is 1. The summed E-state index contributed by atoms with van der Waals surface area (Å²) in [6.07, 6.45) is 2.09. The van der Waals surface area contributed by atoms with Gasteiger partial charge in [0.1, 0.15) is 0 Å². The Morgan fingerprint density at radius 3 is 2.31 bits per heavy atom. The quantitative estimate of drug-likeness (QED) is 0.689. The molecule has 0 spiro atoms. The van der Waals surface area contributed by atoms with Gasteiger partial charge in [-0.1, -0.05) is 32.0 Å². The van der Waals surface area contributed by atoms with Crippen LogP contribution in [0.2, 0.25) is 0 Å². The number of rotatable bonds is 8. The van der Waals surface area contributed by atoms with Crippen LogP contribution in [0.5, 0.6) is 0 Å². The van der Waals surface area contributed by atoms with Gasteiger partial charge in [-0.15, -0.1) is 0 Å². The molecular weight excluding hydrogens is 350 g/mol. The second-order valence-corrected chi connectivity index (χ2v) is 9.52. The molecule has 0 bridgehead atoms. The summed E-state index contributed by atoms with van der Waals surface area (Å²) in [7, 11) is -3.43. The summed E-state index contributed by atoms with van der Waals surface area (Å²) in [4.78, 5) is 13.7. The first-order valence-corrected chi connectivity index (χ1v) is 10.9. The third kappa shape index (κ3) is 6.07. The van der Waals surface area contributed by atoms with Crippen LogP contribution in [0.1, 0.15) is 33.6 Å². The van der Waals surface area contributed by atoms with Crippen LogP contribution >= 0.6 is 0 Å². The minimum atomic E-state index is -3.43. The number of hydrogen-bond donors (Lipinski definition) is 2. The molecule has 2 rings (SSSR count). The van der Waals surface area contributed by atoms with E-state index in [2.05, 4.69) is 19.2 Å². The highest BCUT2D eigenvalue weighted by molar-refractivity contribution is 7.89. The molecule has 0 saturated carbocycles. The Morgan fingerprint density at radius 1 is 1.12 bits per heavy atom. The summed E-state index contributed by atoms with van der Waals surface area (Å²) in [5.41, 5.74) is 0. The standard InChI is InChI=1S/C19H31N3O3S/c1-16(2)9-10-17(3)20-19(23)15-21-11-13-22(14-12-21)26(24,25)18-7-5-4-6-8-18/h4-8,16-17H,9-15H2,1-3H3,(H,20,23)/p+1/t17-/m0/s1. The molecule has 1 fully saturated rings. The Labute approximate surface area is 157 Å². The molecule has 1 atom stereocenters. The number of benzene rings is 1. The number of carbonyl (C=O) groups excluding carboxylic acids is 1. The normalized spacial score (nSPS) is 18.0. The molecule has 1 saturated heterocycles. The van der Waals surface area contributed by atoms with Crippen molar-refractivity contribution in [3.05, 3.63) is 30.3 Å². The Morgan fingerprint density at radius 2 is 1.73 bits per heavy atom. The lowest BCUT2D eigenvalue weighted by molar-refractivity contribution is -0.895. The fourth-order valence-electron chi connectivity index (χ4n) is 3.17. The summed E-state index contributed by atoms with van der Waals surface area (Å²) in [6, 6.07) is 8.71. The van der Waals surface area contributed by atoms with Crippen molar-refractivity contribution in [2.45, 2.75) is 44.6 Å². The fourth-order valence-corrected chi connectivity index (χ4v) is 4.63. The number of nitrogens with zero attached hydrogens (tertiary/aromatic N) is 1. The highest BCUT2D eigenvalue weighted by Crippen LogP contribution is 2.14. The van der Waals surface area contributed by atoms with E-state index in [4.69, 9.17) is 0 Å². The molecule has 0 unspecified atom stereocenters. The van der Waals surface area contributed by atoms with Gasteiger partial charge in [0.15, 0.2) is 6.54 Å². The summed E-state index contributed by atoms with van der Waals surface area (Å²) in [5.74, 6) is 0.690. The van der Waals surface area contributed by atoms with Crippen LogP contribution in [0, 0.1) is 5.92 Å².